The van der Waals surface area contributed by atoms with E-state index in [1.165, 1.54) is 40.7 Å². The van der Waals surface area contributed by atoms with E-state index in [0.29, 0.717) is 5.92 Å². The third kappa shape index (κ3) is 6.80. The third-order valence-corrected chi connectivity index (χ3v) is 11.3. The van der Waals surface area contributed by atoms with Crippen molar-refractivity contribution in [3.05, 3.63) is 94.5 Å². The zero-order valence-electron chi connectivity index (χ0n) is 19.8. The second kappa shape index (κ2) is 11.5. The van der Waals surface area contributed by atoms with E-state index in [1.807, 2.05) is 12.1 Å². The highest BCUT2D eigenvalue weighted by Crippen LogP contribution is 2.42. The fourth-order valence-corrected chi connectivity index (χ4v) is 8.65. The molecule has 3 aromatic rings. The molecular weight excluding hydrogens is 443 g/mol. The van der Waals surface area contributed by atoms with Crippen LogP contribution in [-0.2, 0) is 12.8 Å². The lowest BCUT2D eigenvalue weighted by molar-refractivity contribution is 0.550. The summed E-state index contributed by atoms with van der Waals surface area (Å²) in [5.41, 5.74) is 6.57. The van der Waals surface area contributed by atoms with Crippen LogP contribution in [0.1, 0.15) is 61.6 Å². The first-order chi connectivity index (χ1) is 16.0. The first-order valence-corrected chi connectivity index (χ1v) is 15.5. The summed E-state index contributed by atoms with van der Waals surface area (Å²) in [4.78, 5) is 0. The Morgan fingerprint density at radius 1 is 0.758 bits per heavy atom. The second-order valence-electron chi connectivity index (χ2n) is 9.83. The Bertz CT molecular complexity index is 987. The molecule has 0 aliphatic carbocycles. The van der Waals surface area contributed by atoms with E-state index in [4.69, 9.17) is 11.6 Å². The number of halogens is 2. The van der Waals surface area contributed by atoms with Gasteiger partial charge in [-0.3, -0.25) is 0 Å². The molecule has 1 aliphatic rings. The Labute approximate surface area is 205 Å². The SMILES string of the molecule is CCCCC[Si]1(F)CCC(c2ccc(-c3ccc(CCc4ccc(Cl)cc4)cc3)cc2)CC1. The molecule has 33 heavy (non-hydrogen) atoms. The van der Waals surface area contributed by atoms with Crippen molar-refractivity contribution in [2.24, 2.45) is 0 Å². The molecule has 0 saturated carbocycles. The van der Waals surface area contributed by atoms with Crippen molar-refractivity contribution in [3.63, 3.8) is 0 Å². The topological polar surface area (TPSA) is 0 Å². The molecule has 1 fully saturated rings. The summed E-state index contributed by atoms with van der Waals surface area (Å²) in [5, 5.41) is 0.789. The molecule has 0 amide bonds. The molecule has 3 heteroatoms. The smallest absolute Gasteiger partial charge is 0.247 e. The van der Waals surface area contributed by atoms with Gasteiger partial charge in [-0.15, -0.1) is 0 Å². The zero-order valence-corrected chi connectivity index (χ0v) is 21.6. The van der Waals surface area contributed by atoms with Crippen molar-refractivity contribution in [2.45, 2.75) is 75.9 Å². The van der Waals surface area contributed by atoms with Gasteiger partial charge in [-0.25, -0.2) is 0 Å². The van der Waals surface area contributed by atoms with Gasteiger partial charge < -0.3 is 4.11 Å². The molecule has 0 bridgehead atoms. The van der Waals surface area contributed by atoms with Gasteiger partial charge in [0.2, 0.25) is 8.41 Å². The quantitative estimate of drug-likeness (QED) is 0.163. The molecular formula is C30H36ClFSi. The minimum Gasteiger partial charge on any atom is -0.314 e. The van der Waals surface area contributed by atoms with Crippen LogP contribution in [0, 0.1) is 0 Å². The van der Waals surface area contributed by atoms with Crippen molar-refractivity contribution in [2.75, 3.05) is 0 Å². The van der Waals surface area contributed by atoms with Crippen molar-refractivity contribution in [1.82, 2.24) is 0 Å². The molecule has 0 spiro atoms. The van der Waals surface area contributed by atoms with Crippen molar-refractivity contribution >= 4 is 20.0 Å². The van der Waals surface area contributed by atoms with Gasteiger partial charge in [-0.2, -0.15) is 0 Å². The minimum absolute atomic E-state index is 0.539. The summed E-state index contributed by atoms with van der Waals surface area (Å²) in [6.07, 6.45) is 7.60. The predicted molar refractivity (Wildman–Crippen MR) is 144 cm³/mol. The number of unbranched alkanes of at least 4 members (excludes halogenated alkanes) is 2. The molecule has 1 saturated heterocycles. The fourth-order valence-electron chi connectivity index (χ4n) is 5.16. The highest BCUT2D eigenvalue weighted by atomic mass is 35.5. The summed E-state index contributed by atoms with van der Waals surface area (Å²) < 4.78 is 15.2. The summed E-state index contributed by atoms with van der Waals surface area (Å²) in [7, 11) is -2.45. The third-order valence-electron chi connectivity index (χ3n) is 7.40. The van der Waals surface area contributed by atoms with E-state index in [-0.39, 0.29) is 0 Å². The van der Waals surface area contributed by atoms with E-state index in [0.717, 1.165) is 55.3 Å². The van der Waals surface area contributed by atoms with Gasteiger partial charge in [0.25, 0.3) is 0 Å². The maximum atomic E-state index is 15.2. The highest BCUT2D eigenvalue weighted by Gasteiger charge is 2.38. The average molecular weight is 479 g/mol. The standard InChI is InChI=1S/C30H36ClFSi/c1-2-3-4-21-33(32)22-19-29(20-23-33)28-15-13-27(14-16-28)26-11-7-24(8-12-26)5-6-25-9-17-30(31)18-10-25/h7-18,29H,2-6,19-23H2,1H3. The van der Waals surface area contributed by atoms with Gasteiger partial charge in [-0.1, -0.05) is 98.5 Å². The monoisotopic (exact) mass is 478 g/mol. The van der Waals surface area contributed by atoms with E-state index in [9.17, 15) is 0 Å². The van der Waals surface area contributed by atoms with Gasteiger partial charge in [0.05, 0.1) is 0 Å². The lowest BCUT2D eigenvalue weighted by Gasteiger charge is -2.32. The molecule has 0 nitrogen and oxygen atoms in total. The Balaban J connectivity index is 1.30. The number of aryl methyl sites for hydroxylation is 2. The fraction of sp³-hybridized carbons (Fsp3) is 0.400. The Morgan fingerprint density at radius 2 is 1.27 bits per heavy atom. The molecule has 0 atom stereocenters. The first kappa shape index (κ1) is 24.2. The van der Waals surface area contributed by atoms with Crippen LogP contribution in [0.2, 0.25) is 23.2 Å². The van der Waals surface area contributed by atoms with Crippen LogP contribution >= 0.6 is 11.6 Å². The number of rotatable bonds is 9. The zero-order chi connectivity index (χ0) is 23.1. The summed E-state index contributed by atoms with van der Waals surface area (Å²) in [6.45, 7) is 2.20. The maximum absolute atomic E-state index is 15.2. The lowest BCUT2D eigenvalue weighted by atomic mass is 9.91. The highest BCUT2D eigenvalue weighted by molar-refractivity contribution is 6.73. The first-order valence-electron chi connectivity index (χ1n) is 12.7. The molecule has 0 unspecified atom stereocenters. The van der Waals surface area contributed by atoms with Crippen molar-refractivity contribution < 1.29 is 4.11 Å². The normalized spacial score (nSPS) is 20.6. The van der Waals surface area contributed by atoms with Crippen LogP contribution < -0.4 is 0 Å². The Kier molecular flexibility index (Phi) is 8.43. The van der Waals surface area contributed by atoms with E-state index in [2.05, 4.69) is 67.6 Å². The largest absolute Gasteiger partial charge is 0.314 e. The lowest BCUT2D eigenvalue weighted by Crippen LogP contribution is -2.32. The maximum Gasteiger partial charge on any atom is 0.247 e. The molecule has 1 aliphatic heterocycles. The van der Waals surface area contributed by atoms with Crippen LogP contribution in [0.3, 0.4) is 0 Å². The Morgan fingerprint density at radius 3 is 1.82 bits per heavy atom. The van der Waals surface area contributed by atoms with E-state index >= 15 is 4.11 Å². The molecule has 174 valence electrons. The van der Waals surface area contributed by atoms with Gasteiger partial charge >= 0.3 is 0 Å². The summed E-state index contributed by atoms with van der Waals surface area (Å²) in [5.74, 6) is 0.539. The van der Waals surface area contributed by atoms with Crippen LogP contribution in [0.15, 0.2) is 72.8 Å². The molecule has 4 rings (SSSR count). The number of hydrogen-bond donors (Lipinski definition) is 0. The van der Waals surface area contributed by atoms with Crippen molar-refractivity contribution in [1.29, 1.82) is 0 Å². The van der Waals surface area contributed by atoms with Gasteiger partial charge in [0, 0.05) is 5.02 Å². The summed E-state index contributed by atoms with van der Waals surface area (Å²) >= 11 is 5.98. The number of hydrogen-bond acceptors (Lipinski definition) is 0. The number of benzene rings is 3. The van der Waals surface area contributed by atoms with Gasteiger partial charge in [-0.05, 0) is 89.7 Å². The molecule has 1 heterocycles. The average Bonchev–Trinajstić information content (AvgIpc) is 2.85. The van der Waals surface area contributed by atoms with E-state index < -0.39 is 8.41 Å². The molecule has 0 radical (unpaired) electrons. The Hall–Kier alpha value is -1.90. The van der Waals surface area contributed by atoms with Gasteiger partial charge in [0.15, 0.2) is 0 Å². The molecule has 0 aromatic heterocycles. The van der Waals surface area contributed by atoms with Crippen LogP contribution in [0.5, 0.6) is 0 Å². The van der Waals surface area contributed by atoms with Crippen LogP contribution in [0.25, 0.3) is 11.1 Å². The van der Waals surface area contributed by atoms with Crippen LogP contribution in [0.4, 0.5) is 4.11 Å². The second-order valence-corrected chi connectivity index (χ2v) is 14.1. The van der Waals surface area contributed by atoms with E-state index in [1.54, 1.807) is 0 Å². The molecule has 3 aromatic carbocycles. The minimum atomic E-state index is -2.45. The van der Waals surface area contributed by atoms with Gasteiger partial charge in [0.1, 0.15) is 0 Å². The van der Waals surface area contributed by atoms with Crippen LogP contribution in [-0.4, -0.2) is 8.41 Å². The predicted octanol–water partition coefficient (Wildman–Crippen LogP) is 9.77. The summed E-state index contributed by atoms with van der Waals surface area (Å²) in [6, 6.07) is 28.7. The van der Waals surface area contributed by atoms with Crippen molar-refractivity contribution in [3.8, 4) is 11.1 Å². The molecule has 0 N–H and O–H groups in total.